The van der Waals surface area contributed by atoms with Gasteiger partial charge in [0.25, 0.3) is 0 Å². The zero-order chi connectivity index (χ0) is 15.8. The van der Waals surface area contributed by atoms with Crippen LogP contribution >= 0.6 is 0 Å². The highest BCUT2D eigenvalue weighted by molar-refractivity contribution is 5.70. The molecule has 0 aromatic heterocycles. The summed E-state index contributed by atoms with van der Waals surface area (Å²) in [5, 5.41) is 9.41. The van der Waals surface area contributed by atoms with E-state index >= 15 is 0 Å². The summed E-state index contributed by atoms with van der Waals surface area (Å²) in [6.45, 7) is 2.45. The molecule has 122 valence electrons. The summed E-state index contributed by atoms with van der Waals surface area (Å²) in [5.41, 5.74) is 1.00. The maximum atomic E-state index is 11.4. The fourth-order valence-corrected chi connectivity index (χ4v) is 2.84. The van der Waals surface area contributed by atoms with Crippen LogP contribution in [0, 0.1) is 5.92 Å². The molecule has 0 fully saturated rings. The fraction of sp³-hybridized carbons (Fsp3) is 0.611. The van der Waals surface area contributed by atoms with Crippen LogP contribution in [0.2, 0.25) is 0 Å². The third-order valence-electron chi connectivity index (χ3n) is 4.17. The molecule has 1 aromatic carbocycles. The number of fused-ring (bicyclic) bond motifs is 1. The third-order valence-corrected chi connectivity index (χ3v) is 4.17. The minimum atomic E-state index is -0.703. The molecule has 22 heavy (non-hydrogen) atoms. The molecule has 0 radical (unpaired) electrons. The molecule has 0 saturated heterocycles. The van der Waals surface area contributed by atoms with Crippen LogP contribution in [0.25, 0.3) is 0 Å². The van der Waals surface area contributed by atoms with E-state index in [4.69, 9.17) is 9.47 Å². The number of hydrogen-bond acceptors (Lipinski definition) is 3. The predicted molar refractivity (Wildman–Crippen MR) is 85.4 cm³/mol. The minimum Gasteiger partial charge on any atom is -0.481 e. The molecule has 1 atom stereocenters. The standard InChI is InChI=1S/C18H26O4/c1-2-3-4-5-6-7-8-15(18(19)20)11-14-9-10-16-17(12-14)22-13-21-16/h9-10,12,15H,2-8,11,13H2,1H3,(H,19,20). The van der Waals surface area contributed by atoms with Gasteiger partial charge in [-0.05, 0) is 30.5 Å². The van der Waals surface area contributed by atoms with Gasteiger partial charge in [-0.15, -0.1) is 0 Å². The Bertz CT molecular complexity index is 484. The summed E-state index contributed by atoms with van der Waals surface area (Å²) in [6, 6.07) is 5.70. The molecule has 1 aromatic rings. The Morgan fingerprint density at radius 2 is 1.86 bits per heavy atom. The molecule has 2 rings (SSSR count). The van der Waals surface area contributed by atoms with Crippen LogP contribution in [0.1, 0.15) is 57.4 Å². The van der Waals surface area contributed by atoms with Crippen molar-refractivity contribution in [2.24, 2.45) is 5.92 Å². The Hall–Kier alpha value is -1.71. The van der Waals surface area contributed by atoms with Gasteiger partial charge in [-0.2, -0.15) is 0 Å². The van der Waals surface area contributed by atoms with E-state index in [1.807, 2.05) is 18.2 Å². The first kappa shape index (κ1) is 16.7. The maximum Gasteiger partial charge on any atom is 0.306 e. The summed E-state index contributed by atoms with van der Waals surface area (Å²) in [7, 11) is 0. The van der Waals surface area contributed by atoms with Gasteiger partial charge in [-0.25, -0.2) is 0 Å². The quantitative estimate of drug-likeness (QED) is 0.651. The molecule has 1 aliphatic rings. The van der Waals surface area contributed by atoms with Gasteiger partial charge in [0.05, 0.1) is 5.92 Å². The molecule has 1 aliphatic heterocycles. The van der Waals surface area contributed by atoms with Crippen molar-refractivity contribution in [1.82, 2.24) is 0 Å². The Morgan fingerprint density at radius 1 is 1.14 bits per heavy atom. The summed E-state index contributed by atoms with van der Waals surface area (Å²) in [4.78, 5) is 11.4. The van der Waals surface area contributed by atoms with E-state index in [0.717, 1.165) is 36.3 Å². The van der Waals surface area contributed by atoms with Gasteiger partial charge in [0.1, 0.15) is 0 Å². The number of carboxylic acid groups (broad SMARTS) is 1. The topological polar surface area (TPSA) is 55.8 Å². The Balaban J connectivity index is 1.80. The highest BCUT2D eigenvalue weighted by atomic mass is 16.7. The zero-order valence-corrected chi connectivity index (χ0v) is 13.3. The normalized spacial score (nSPS) is 14.0. The first-order valence-corrected chi connectivity index (χ1v) is 8.32. The van der Waals surface area contributed by atoms with Gasteiger partial charge in [-0.3, -0.25) is 4.79 Å². The third kappa shape index (κ3) is 4.93. The fourth-order valence-electron chi connectivity index (χ4n) is 2.84. The SMILES string of the molecule is CCCCCCCCC(Cc1ccc2c(c1)OCO2)C(=O)O. The van der Waals surface area contributed by atoms with Crippen molar-refractivity contribution in [3.05, 3.63) is 23.8 Å². The number of carbonyl (C=O) groups is 1. The molecule has 4 nitrogen and oxygen atoms in total. The van der Waals surface area contributed by atoms with Crippen LogP contribution < -0.4 is 9.47 Å². The van der Waals surface area contributed by atoms with Gasteiger partial charge in [0.2, 0.25) is 6.79 Å². The van der Waals surface area contributed by atoms with Crippen molar-refractivity contribution in [2.75, 3.05) is 6.79 Å². The molecule has 0 aliphatic carbocycles. The van der Waals surface area contributed by atoms with Gasteiger partial charge >= 0.3 is 5.97 Å². The lowest BCUT2D eigenvalue weighted by molar-refractivity contribution is -0.142. The van der Waals surface area contributed by atoms with Crippen molar-refractivity contribution in [1.29, 1.82) is 0 Å². The van der Waals surface area contributed by atoms with Crippen LogP contribution in [0.3, 0.4) is 0 Å². The Kier molecular flexibility index (Phi) is 6.56. The molecule has 0 bridgehead atoms. The first-order chi connectivity index (χ1) is 10.7. The van der Waals surface area contributed by atoms with Gasteiger partial charge in [0, 0.05) is 0 Å². The summed E-state index contributed by atoms with van der Waals surface area (Å²) < 4.78 is 10.6. The van der Waals surface area contributed by atoms with Crippen LogP contribution in [-0.2, 0) is 11.2 Å². The van der Waals surface area contributed by atoms with Gasteiger partial charge in [-0.1, -0.05) is 51.5 Å². The lowest BCUT2D eigenvalue weighted by Crippen LogP contribution is -2.16. The average Bonchev–Trinajstić information content (AvgIpc) is 2.97. The molecule has 1 N–H and O–H groups in total. The first-order valence-electron chi connectivity index (χ1n) is 8.32. The lowest BCUT2D eigenvalue weighted by atomic mass is 9.93. The Labute approximate surface area is 132 Å². The molecule has 0 spiro atoms. The van der Waals surface area contributed by atoms with Crippen LogP contribution in [-0.4, -0.2) is 17.9 Å². The van der Waals surface area contributed by atoms with E-state index in [9.17, 15) is 9.90 Å². The van der Waals surface area contributed by atoms with Crippen LogP contribution in [0.15, 0.2) is 18.2 Å². The monoisotopic (exact) mass is 306 g/mol. The number of rotatable bonds is 10. The van der Waals surface area contributed by atoms with E-state index in [-0.39, 0.29) is 12.7 Å². The van der Waals surface area contributed by atoms with Crippen molar-refractivity contribution >= 4 is 5.97 Å². The number of benzene rings is 1. The molecule has 1 heterocycles. The maximum absolute atomic E-state index is 11.4. The number of ether oxygens (including phenoxy) is 2. The number of hydrogen-bond donors (Lipinski definition) is 1. The van der Waals surface area contributed by atoms with E-state index < -0.39 is 5.97 Å². The number of carboxylic acids is 1. The van der Waals surface area contributed by atoms with Crippen LogP contribution in [0.5, 0.6) is 11.5 Å². The minimum absolute atomic E-state index is 0.249. The summed E-state index contributed by atoms with van der Waals surface area (Å²) >= 11 is 0. The molecular weight excluding hydrogens is 280 g/mol. The molecule has 0 saturated carbocycles. The zero-order valence-electron chi connectivity index (χ0n) is 13.3. The van der Waals surface area contributed by atoms with Crippen molar-refractivity contribution in [3.8, 4) is 11.5 Å². The lowest BCUT2D eigenvalue weighted by Gasteiger charge is -2.12. The highest BCUT2D eigenvalue weighted by Crippen LogP contribution is 2.33. The highest BCUT2D eigenvalue weighted by Gasteiger charge is 2.20. The second-order valence-corrected chi connectivity index (χ2v) is 5.98. The predicted octanol–water partition coefficient (Wildman–Crippen LogP) is 4.41. The Morgan fingerprint density at radius 3 is 2.64 bits per heavy atom. The molecule has 1 unspecified atom stereocenters. The smallest absolute Gasteiger partial charge is 0.306 e. The second-order valence-electron chi connectivity index (χ2n) is 5.98. The van der Waals surface area contributed by atoms with Gasteiger partial charge in [0.15, 0.2) is 11.5 Å². The number of unbranched alkanes of at least 4 members (excludes halogenated alkanes) is 5. The largest absolute Gasteiger partial charge is 0.481 e. The second kappa shape index (κ2) is 8.66. The van der Waals surface area contributed by atoms with Gasteiger partial charge < -0.3 is 14.6 Å². The van der Waals surface area contributed by atoms with E-state index in [0.29, 0.717) is 6.42 Å². The molecule has 4 heteroatoms. The van der Waals surface area contributed by atoms with Crippen molar-refractivity contribution < 1.29 is 19.4 Å². The van der Waals surface area contributed by atoms with E-state index in [2.05, 4.69) is 6.92 Å². The van der Waals surface area contributed by atoms with Crippen LogP contribution in [0.4, 0.5) is 0 Å². The molecule has 0 amide bonds. The van der Waals surface area contributed by atoms with Crippen molar-refractivity contribution in [2.45, 2.75) is 58.3 Å². The average molecular weight is 306 g/mol. The van der Waals surface area contributed by atoms with E-state index in [1.54, 1.807) is 0 Å². The summed E-state index contributed by atoms with van der Waals surface area (Å²) in [6.07, 6.45) is 8.41. The molecular formula is C18H26O4. The van der Waals surface area contributed by atoms with E-state index in [1.165, 1.54) is 25.7 Å². The summed E-state index contributed by atoms with van der Waals surface area (Å²) in [5.74, 6) is 0.450. The van der Waals surface area contributed by atoms with Crippen molar-refractivity contribution in [3.63, 3.8) is 0 Å². The number of aliphatic carboxylic acids is 1.